The quantitative estimate of drug-likeness (QED) is 0.800. The topological polar surface area (TPSA) is 82.5 Å². The summed E-state index contributed by atoms with van der Waals surface area (Å²) in [4.78, 5) is 28.2. The van der Waals surface area contributed by atoms with Crippen LogP contribution in [0.1, 0.15) is 12.6 Å². The van der Waals surface area contributed by atoms with Crippen LogP contribution in [0.4, 0.5) is 5.13 Å². The third-order valence-corrected chi connectivity index (χ3v) is 3.54. The molecule has 1 unspecified atom stereocenters. The highest BCUT2D eigenvalue weighted by atomic mass is 32.1. The number of carboxylic acid groups (broad SMARTS) is 1. The van der Waals surface area contributed by atoms with Gasteiger partial charge >= 0.3 is 5.97 Å². The minimum atomic E-state index is -0.897. The van der Waals surface area contributed by atoms with Crippen molar-refractivity contribution in [2.75, 3.05) is 18.0 Å². The van der Waals surface area contributed by atoms with Crippen molar-refractivity contribution in [1.82, 2.24) is 10.3 Å². The lowest BCUT2D eigenvalue weighted by atomic mass is 10.2. The summed E-state index contributed by atoms with van der Waals surface area (Å²) in [6, 6.07) is -0.257. The lowest BCUT2D eigenvalue weighted by molar-refractivity contribution is -0.136. The standard InChI is InChI=1S/C10H13N3O3S/c1-6-9(16)11-2-3-13(6)10-12-7(5-17-10)4-8(14)15/h5-6H,2-4H2,1H3,(H,11,16)(H,14,15). The molecule has 1 saturated heterocycles. The number of rotatable bonds is 3. The predicted molar refractivity (Wildman–Crippen MR) is 63.3 cm³/mol. The van der Waals surface area contributed by atoms with Gasteiger partial charge in [-0.2, -0.15) is 0 Å². The van der Waals surface area contributed by atoms with Gasteiger partial charge in [0.05, 0.1) is 12.1 Å². The molecule has 17 heavy (non-hydrogen) atoms. The maximum absolute atomic E-state index is 11.5. The van der Waals surface area contributed by atoms with Crippen molar-refractivity contribution in [1.29, 1.82) is 0 Å². The summed E-state index contributed by atoms with van der Waals surface area (Å²) in [7, 11) is 0. The number of anilines is 1. The molecule has 0 aromatic carbocycles. The first-order valence-electron chi connectivity index (χ1n) is 5.28. The number of amides is 1. The summed E-state index contributed by atoms with van der Waals surface area (Å²) < 4.78 is 0. The first-order valence-corrected chi connectivity index (χ1v) is 6.16. The van der Waals surface area contributed by atoms with Gasteiger partial charge in [0.25, 0.3) is 0 Å². The summed E-state index contributed by atoms with van der Waals surface area (Å²) >= 11 is 1.38. The molecule has 0 bridgehead atoms. The molecule has 1 amide bonds. The molecule has 1 aromatic heterocycles. The number of hydrogen-bond donors (Lipinski definition) is 2. The first-order chi connectivity index (χ1) is 8.08. The minimum absolute atomic E-state index is 0.0220. The monoisotopic (exact) mass is 255 g/mol. The van der Waals surface area contributed by atoms with E-state index in [9.17, 15) is 9.59 Å². The van der Waals surface area contributed by atoms with Crippen LogP contribution < -0.4 is 10.2 Å². The van der Waals surface area contributed by atoms with E-state index in [-0.39, 0.29) is 18.4 Å². The van der Waals surface area contributed by atoms with Crippen LogP contribution in [-0.4, -0.2) is 41.1 Å². The zero-order valence-electron chi connectivity index (χ0n) is 9.34. The van der Waals surface area contributed by atoms with Crippen LogP contribution in [0.25, 0.3) is 0 Å². The second-order valence-corrected chi connectivity index (χ2v) is 4.69. The van der Waals surface area contributed by atoms with Gasteiger partial charge in [-0.25, -0.2) is 4.98 Å². The van der Waals surface area contributed by atoms with Gasteiger partial charge in [-0.05, 0) is 6.92 Å². The number of thiazole rings is 1. The molecular weight excluding hydrogens is 242 g/mol. The smallest absolute Gasteiger partial charge is 0.309 e. The fourth-order valence-electron chi connectivity index (χ4n) is 1.71. The zero-order valence-corrected chi connectivity index (χ0v) is 10.2. The van der Waals surface area contributed by atoms with Crippen molar-refractivity contribution in [2.45, 2.75) is 19.4 Å². The molecule has 92 valence electrons. The van der Waals surface area contributed by atoms with Crippen LogP contribution in [0, 0.1) is 0 Å². The van der Waals surface area contributed by atoms with E-state index in [1.807, 2.05) is 11.8 Å². The van der Waals surface area contributed by atoms with Gasteiger partial charge in [-0.15, -0.1) is 11.3 Å². The molecule has 0 aliphatic carbocycles. The van der Waals surface area contributed by atoms with E-state index >= 15 is 0 Å². The molecule has 1 aliphatic heterocycles. The van der Waals surface area contributed by atoms with Gasteiger partial charge in [-0.1, -0.05) is 0 Å². The van der Waals surface area contributed by atoms with Crippen molar-refractivity contribution in [3.63, 3.8) is 0 Å². The van der Waals surface area contributed by atoms with Gasteiger partial charge in [0, 0.05) is 18.5 Å². The number of piperazine rings is 1. The fraction of sp³-hybridized carbons (Fsp3) is 0.500. The molecule has 2 rings (SSSR count). The Morgan fingerprint density at radius 1 is 1.76 bits per heavy atom. The predicted octanol–water partition coefficient (Wildman–Crippen LogP) is 0.0949. The van der Waals surface area contributed by atoms with E-state index in [1.54, 1.807) is 5.38 Å². The van der Waals surface area contributed by atoms with Crippen LogP contribution in [0.5, 0.6) is 0 Å². The summed E-state index contributed by atoms with van der Waals surface area (Å²) in [5.74, 6) is -0.919. The summed E-state index contributed by atoms with van der Waals surface area (Å²) in [6.07, 6.45) is -0.0785. The molecule has 1 aromatic rings. The van der Waals surface area contributed by atoms with E-state index in [0.29, 0.717) is 23.9 Å². The molecule has 2 heterocycles. The minimum Gasteiger partial charge on any atom is -0.481 e. The SMILES string of the molecule is CC1C(=O)NCCN1c1nc(CC(=O)O)cs1. The zero-order chi connectivity index (χ0) is 12.4. The number of carbonyl (C=O) groups excluding carboxylic acids is 1. The fourth-order valence-corrected chi connectivity index (χ4v) is 2.64. The van der Waals surface area contributed by atoms with Crippen LogP contribution in [0.2, 0.25) is 0 Å². The van der Waals surface area contributed by atoms with Crippen LogP contribution >= 0.6 is 11.3 Å². The second kappa shape index (κ2) is 4.70. The Balaban J connectivity index is 2.13. The van der Waals surface area contributed by atoms with E-state index < -0.39 is 5.97 Å². The van der Waals surface area contributed by atoms with Gasteiger partial charge in [0.1, 0.15) is 6.04 Å². The third-order valence-electron chi connectivity index (χ3n) is 2.62. The average Bonchev–Trinajstić information content (AvgIpc) is 2.69. The van der Waals surface area contributed by atoms with Gasteiger partial charge in [0.15, 0.2) is 5.13 Å². The molecule has 1 fully saturated rings. The van der Waals surface area contributed by atoms with Gasteiger partial charge < -0.3 is 15.3 Å². The highest BCUT2D eigenvalue weighted by Gasteiger charge is 2.27. The lowest BCUT2D eigenvalue weighted by Gasteiger charge is -2.32. The largest absolute Gasteiger partial charge is 0.481 e. The van der Waals surface area contributed by atoms with Crippen LogP contribution in [-0.2, 0) is 16.0 Å². The molecule has 1 atom stereocenters. The number of nitrogens with zero attached hydrogens (tertiary/aromatic N) is 2. The molecule has 6 nitrogen and oxygen atoms in total. The van der Waals surface area contributed by atoms with E-state index in [4.69, 9.17) is 5.11 Å². The maximum Gasteiger partial charge on any atom is 0.309 e. The molecule has 2 N–H and O–H groups in total. The van der Waals surface area contributed by atoms with E-state index in [2.05, 4.69) is 10.3 Å². The Morgan fingerprint density at radius 3 is 3.24 bits per heavy atom. The maximum atomic E-state index is 11.5. The Morgan fingerprint density at radius 2 is 2.53 bits per heavy atom. The van der Waals surface area contributed by atoms with Crippen molar-refractivity contribution in [3.05, 3.63) is 11.1 Å². The van der Waals surface area contributed by atoms with Gasteiger partial charge in [0.2, 0.25) is 5.91 Å². The van der Waals surface area contributed by atoms with E-state index in [0.717, 1.165) is 0 Å². The Kier molecular flexibility index (Phi) is 3.28. The lowest BCUT2D eigenvalue weighted by Crippen LogP contribution is -2.54. The second-order valence-electron chi connectivity index (χ2n) is 3.85. The van der Waals surface area contributed by atoms with Crippen molar-refractivity contribution >= 4 is 28.3 Å². The molecule has 0 saturated carbocycles. The Hall–Kier alpha value is -1.63. The first kappa shape index (κ1) is 11.8. The highest BCUT2D eigenvalue weighted by molar-refractivity contribution is 7.13. The number of aromatic nitrogens is 1. The Bertz CT molecular complexity index is 446. The summed E-state index contributed by atoms with van der Waals surface area (Å²) in [6.45, 7) is 3.11. The van der Waals surface area contributed by atoms with Crippen molar-refractivity contribution in [2.24, 2.45) is 0 Å². The number of aliphatic carboxylic acids is 1. The number of carboxylic acids is 1. The van der Waals surface area contributed by atoms with E-state index in [1.165, 1.54) is 11.3 Å². The average molecular weight is 255 g/mol. The molecule has 1 aliphatic rings. The number of nitrogens with one attached hydrogen (secondary N) is 1. The number of hydrogen-bond acceptors (Lipinski definition) is 5. The molecule has 7 heteroatoms. The Labute approximate surface area is 102 Å². The van der Waals surface area contributed by atoms with Gasteiger partial charge in [-0.3, -0.25) is 9.59 Å². The highest BCUT2D eigenvalue weighted by Crippen LogP contribution is 2.23. The van der Waals surface area contributed by atoms with Crippen LogP contribution in [0.15, 0.2) is 5.38 Å². The molecular formula is C10H13N3O3S. The third kappa shape index (κ3) is 2.55. The summed E-state index contributed by atoms with van der Waals surface area (Å²) in [5, 5.41) is 13.9. The number of carbonyl (C=O) groups is 2. The van der Waals surface area contributed by atoms with Crippen molar-refractivity contribution in [3.8, 4) is 0 Å². The molecule has 0 radical (unpaired) electrons. The van der Waals surface area contributed by atoms with Crippen LogP contribution in [0.3, 0.4) is 0 Å². The summed E-state index contributed by atoms with van der Waals surface area (Å²) in [5.41, 5.74) is 0.538. The normalized spacial score (nSPS) is 20.2. The molecule has 0 spiro atoms. The van der Waals surface area contributed by atoms with Crippen molar-refractivity contribution < 1.29 is 14.7 Å².